The van der Waals surface area contributed by atoms with Gasteiger partial charge in [-0.05, 0) is 39.5 Å². The van der Waals surface area contributed by atoms with Crippen molar-refractivity contribution in [3.05, 3.63) is 0 Å². The summed E-state index contributed by atoms with van der Waals surface area (Å²) in [5.41, 5.74) is -0.379. The molecule has 0 heterocycles. The summed E-state index contributed by atoms with van der Waals surface area (Å²) in [6.45, 7) is 8.22. The minimum absolute atomic E-state index is 0.0213. The van der Waals surface area contributed by atoms with Crippen LogP contribution in [0.2, 0.25) is 0 Å². The molecule has 122 valence electrons. The first-order valence-corrected chi connectivity index (χ1v) is 8.05. The van der Waals surface area contributed by atoms with E-state index in [0.29, 0.717) is 5.92 Å². The van der Waals surface area contributed by atoms with Gasteiger partial charge in [0.25, 0.3) is 0 Å². The third-order valence-electron chi connectivity index (χ3n) is 4.35. The molecule has 5 heteroatoms. The maximum Gasteiger partial charge on any atom is 0.318 e. The van der Waals surface area contributed by atoms with Crippen LogP contribution in [0.1, 0.15) is 66.2 Å². The quantitative estimate of drug-likeness (QED) is 0.818. The Morgan fingerprint density at radius 2 is 1.86 bits per heavy atom. The molecular formula is C16H30N2O3. The Labute approximate surface area is 128 Å². The molecule has 0 saturated heterocycles. The van der Waals surface area contributed by atoms with Crippen LogP contribution in [-0.4, -0.2) is 40.1 Å². The number of carbonyl (C=O) groups excluding carboxylic acids is 1. The fraction of sp³-hybridized carbons (Fsp3) is 0.875. The lowest BCUT2D eigenvalue weighted by atomic mass is 9.83. The first kappa shape index (κ1) is 17.8. The number of carboxylic acid groups (broad SMARTS) is 1. The van der Waals surface area contributed by atoms with Gasteiger partial charge in [-0.2, -0.15) is 0 Å². The number of rotatable bonds is 5. The molecule has 0 spiro atoms. The number of urea groups is 1. The normalized spacial score (nSPS) is 22.7. The minimum atomic E-state index is -0.874. The highest BCUT2D eigenvalue weighted by atomic mass is 16.4. The number of nitrogens with zero attached hydrogens (tertiary/aromatic N) is 1. The summed E-state index contributed by atoms with van der Waals surface area (Å²) in [5.74, 6) is -0.329. The lowest BCUT2D eigenvalue weighted by molar-refractivity contribution is -0.137. The van der Waals surface area contributed by atoms with Gasteiger partial charge in [-0.25, -0.2) is 4.79 Å². The zero-order chi connectivity index (χ0) is 16.0. The van der Waals surface area contributed by atoms with E-state index < -0.39 is 5.97 Å². The average Bonchev–Trinajstić information content (AvgIpc) is 2.37. The molecule has 2 unspecified atom stereocenters. The standard InChI is InChI=1S/C16H30N2O3/c1-5-12-8-6-7-9-13(12)17-15(21)18(16(2,3)4)11-10-14(19)20/h12-13H,5-11H2,1-4H3,(H,17,21)(H,19,20). The summed E-state index contributed by atoms with van der Waals surface area (Å²) >= 11 is 0. The number of aliphatic carboxylic acids is 1. The van der Waals surface area contributed by atoms with Crippen LogP contribution in [0.4, 0.5) is 4.79 Å². The van der Waals surface area contributed by atoms with E-state index in [-0.39, 0.29) is 30.6 Å². The molecule has 2 N–H and O–H groups in total. The summed E-state index contributed by atoms with van der Waals surface area (Å²) in [6.07, 6.45) is 5.66. The van der Waals surface area contributed by atoms with Gasteiger partial charge in [0.2, 0.25) is 0 Å². The molecule has 0 aromatic carbocycles. The second kappa shape index (κ2) is 7.66. The summed E-state index contributed by atoms with van der Waals surface area (Å²) in [6, 6.07) is 0.0972. The molecule has 1 aliphatic rings. The highest BCUT2D eigenvalue weighted by molar-refractivity contribution is 5.76. The SMILES string of the molecule is CCC1CCCCC1NC(=O)N(CCC(=O)O)C(C)(C)C. The van der Waals surface area contributed by atoms with E-state index in [9.17, 15) is 9.59 Å². The first-order valence-electron chi connectivity index (χ1n) is 8.05. The van der Waals surface area contributed by atoms with Crippen molar-refractivity contribution in [3.8, 4) is 0 Å². The summed E-state index contributed by atoms with van der Waals surface area (Å²) in [5, 5.41) is 12.0. The van der Waals surface area contributed by atoms with Crippen LogP contribution in [0.25, 0.3) is 0 Å². The van der Waals surface area contributed by atoms with Gasteiger partial charge in [0.15, 0.2) is 0 Å². The van der Waals surface area contributed by atoms with Crippen molar-refractivity contribution in [1.82, 2.24) is 10.2 Å². The van der Waals surface area contributed by atoms with Crippen LogP contribution < -0.4 is 5.32 Å². The average molecular weight is 298 g/mol. The predicted molar refractivity (Wildman–Crippen MR) is 83.3 cm³/mol. The van der Waals surface area contributed by atoms with Crippen molar-refractivity contribution in [2.24, 2.45) is 5.92 Å². The second-order valence-electron chi connectivity index (χ2n) is 6.97. The number of nitrogens with one attached hydrogen (secondary N) is 1. The van der Waals surface area contributed by atoms with Gasteiger partial charge in [0.05, 0.1) is 6.42 Å². The maximum atomic E-state index is 12.6. The fourth-order valence-electron chi connectivity index (χ4n) is 3.07. The number of carbonyl (C=O) groups is 2. The van der Waals surface area contributed by atoms with Gasteiger partial charge in [-0.3, -0.25) is 4.79 Å². The highest BCUT2D eigenvalue weighted by Gasteiger charge is 2.31. The van der Waals surface area contributed by atoms with E-state index >= 15 is 0 Å². The molecule has 2 atom stereocenters. The van der Waals surface area contributed by atoms with Crippen LogP contribution in [0.3, 0.4) is 0 Å². The Balaban J connectivity index is 2.68. The van der Waals surface area contributed by atoms with Gasteiger partial charge < -0.3 is 15.3 Å². The van der Waals surface area contributed by atoms with E-state index in [1.165, 1.54) is 12.8 Å². The van der Waals surface area contributed by atoms with Gasteiger partial charge in [0.1, 0.15) is 0 Å². The highest BCUT2D eigenvalue weighted by Crippen LogP contribution is 2.27. The zero-order valence-corrected chi connectivity index (χ0v) is 13.8. The van der Waals surface area contributed by atoms with Crippen molar-refractivity contribution in [2.45, 2.75) is 77.8 Å². The number of carboxylic acids is 1. The topological polar surface area (TPSA) is 69.6 Å². The molecule has 5 nitrogen and oxygen atoms in total. The summed E-state index contributed by atoms with van der Waals surface area (Å²) in [7, 11) is 0. The molecular weight excluding hydrogens is 268 g/mol. The molecule has 1 fully saturated rings. The van der Waals surface area contributed by atoms with Gasteiger partial charge >= 0.3 is 12.0 Å². The van der Waals surface area contributed by atoms with Crippen LogP contribution in [0, 0.1) is 5.92 Å². The summed E-state index contributed by atoms with van der Waals surface area (Å²) in [4.78, 5) is 25.0. The van der Waals surface area contributed by atoms with E-state index in [0.717, 1.165) is 19.3 Å². The van der Waals surface area contributed by atoms with Crippen molar-refractivity contribution >= 4 is 12.0 Å². The molecule has 1 saturated carbocycles. The fourth-order valence-corrected chi connectivity index (χ4v) is 3.07. The molecule has 2 amide bonds. The van der Waals surface area contributed by atoms with E-state index in [1.54, 1.807) is 4.90 Å². The summed E-state index contributed by atoms with van der Waals surface area (Å²) < 4.78 is 0. The van der Waals surface area contributed by atoms with E-state index in [1.807, 2.05) is 20.8 Å². The predicted octanol–water partition coefficient (Wildman–Crippen LogP) is 3.24. The third kappa shape index (κ3) is 5.56. The smallest absolute Gasteiger partial charge is 0.318 e. The van der Waals surface area contributed by atoms with Crippen molar-refractivity contribution in [3.63, 3.8) is 0 Å². The van der Waals surface area contributed by atoms with Crippen LogP contribution in [0.15, 0.2) is 0 Å². The zero-order valence-electron chi connectivity index (χ0n) is 13.8. The largest absolute Gasteiger partial charge is 0.481 e. The Kier molecular flexibility index (Phi) is 6.49. The van der Waals surface area contributed by atoms with Crippen LogP contribution in [0.5, 0.6) is 0 Å². The number of amides is 2. The molecule has 0 bridgehead atoms. The maximum absolute atomic E-state index is 12.6. The monoisotopic (exact) mass is 298 g/mol. The Morgan fingerprint density at radius 1 is 1.24 bits per heavy atom. The lowest BCUT2D eigenvalue weighted by Gasteiger charge is -2.39. The van der Waals surface area contributed by atoms with Crippen molar-refractivity contribution in [2.75, 3.05) is 6.54 Å². The molecule has 0 aromatic rings. The Hall–Kier alpha value is -1.26. The molecule has 1 rings (SSSR count). The molecule has 0 radical (unpaired) electrons. The number of hydrogen-bond donors (Lipinski definition) is 2. The van der Waals surface area contributed by atoms with E-state index in [4.69, 9.17) is 5.11 Å². The van der Waals surface area contributed by atoms with Crippen LogP contribution >= 0.6 is 0 Å². The van der Waals surface area contributed by atoms with Crippen molar-refractivity contribution in [1.29, 1.82) is 0 Å². The Morgan fingerprint density at radius 3 is 2.38 bits per heavy atom. The molecule has 21 heavy (non-hydrogen) atoms. The third-order valence-corrected chi connectivity index (χ3v) is 4.35. The van der Waals surface area contributed by atoms with Gasteiger partial charge in [-0.1, -0.05) is 26.2 Å². The first-order chi connectivity index (χ1) is 9.75. The van der Waals surface area contributed by atoms with Crippen LogP contribution in [-0.2, 0) is 4.79 Å². The Bertz CT molecular complexity index is 363. The van der Waals surface area contributed by atoms with E-state index in [2.05, 4.69) is 12.2 Å². The molecule has 1 aliphatic carbocycles. The second-order valence-corrected chi connectivity index (χ2v) is 6.97. The number of hydrogen-bond acceptors (Lipinski definition) is 2. The molecule has 0 aliphatic heterocycles. The molecule has 0 aromatic heterocycles. The van der Waals surface area contributed by atoms with Crippen molar-refractivity contribution < 1.29 is 14.7 Å². The lowest BCUT2D eigenvalue weighted by Crippen LogP contribution is -2.54. The minimum Gasteiger partial charge on any atom is -0.481 e. The van der Waals surface area contributed by atoms with Gasteiger partial charge in [0, 0.05) is 18.1 Å². The van der Waals surface area contributed by atoms with Gasteiger partial charge in [-0.15, -0.1) is 0 Å².